The van der Waals surface area contributed by atoms with Crippen molar-refractivity contribution in [1.82, 2.24) is 20.4 Å². The summed E-state index contributed by atoms with van der Waals surface area (Å²) in [7, 11) is 0. The Bertz CT molecular complexity index is 1190. The molecule has 0 atom stereocenters. The zero-order valence-electron chi connectivity index (χ0n) is 19.0. The monoisotopic (exact) mass is 527 g/mol. The van der Waals surface area contributed by atoms with E-state index < -0.39 is 0 Å². The summed E-state index contributed by atoms with van der Waals surface area (Å²) in [4.78, 5) is 28.6. The number of aryl methyl sites for hydroxylation is 2. The summed E-state index contributed by atoms with van der Waals surface area (Å²) in [6, 6.07) is 9.60. The molecule has 1 aromatic carbocycles. The summed E-state index contributed by atoms with van der Waals surface area (Å²) in [5.74, 6) is 1.56. The van der Waals surface area contributed by atoms with Gasteiger partial charge < -0.3 is 10.6 Å². The van der Waals surface area contributed by atoms with Crippen LogP contribution in [0.2, 0.25) is 0 Å². The maximum absolute atomic E-state index is 12.2. The number of dihydropyridines is 1. The molecule has 3 aromatic rings. The summed E-state index contributed by atoms with van der Waals surface area (Å²) in [6.45, 7) is 0.741. The normalized spacial score (nSPS) is 12.9. The number of carbonyl (C=O) groups excluding carboxylic acids is 2. The first-order chi connectivity index (χ1) is 17.1. The molecule has 12 heteroatoms. The highest BCUT2D eigenvalue weighted by Crippen LogP contribution is 2.20. The van der Waals surface area contributed by atoms with E-state index in [2.05, 4.69) is 36.0 Å². The van der Waals surface area contributed by atoms with Crippen LogP contribution in [0, 0.1) is 0 Å². The molecule has 0 spiro atoms. The van der Waals surface area contributed by atoms with Crippen molar-refractivity contribution in [3.8, 4) is 0 Å². The molecule has 35 heavy (non-hydrogen) atoms. The number of hydrogen-bond acceptors (Lipinski definition) is 10. The molecule has 0 radical (unpaired) electrons. The lowest BCUT2D eigenvalue weighted by Crippen LogP contribution is -2.16. The van der Waals surface area contributed by atoms with Gasteiger partial charge in [0.2, 0.25) is 22.1 Å². The second-order valence-electron chi connectivity index (χ2n) is 7.61. The fourth-order valence-corrected chi connectivity index (χ4v) is 5.82. The van der Waals surface area contributed by atoms with E-state index in [9.17, 15) is 9.59 Å². The lowest BCUT2D eigenvalue weighted by molar-refractivity contribution is -0.116. The van der Waals surface area contributed by atoms with E-state index in [-0.39, 0.29) is 18.2 Å². The second kappa shape index (κ2) is 13.2. The number of carbonyl (C=O) groups is 2. The lowest BCUT2D eigenvalue weighted by Gasteiger charge is -2.05. The minimum absolute atomic E-state index is 0.0968. The number of aromatic nitrogens is 4. The van der Waals surface area contributed by atoms with E-state index in [1.807, 2.05) is 42.5 Å². The van der Waals surface area contributed by atoms with E-state index in [4.69, 9.17) is 0 Å². The Morgan fingerprint density at radius 3 is 2.09 bits per heavy atom. The number of thioether (sulfide) groups is 1. The lowest BCUT2D eigenvalue weighted by atomic mass is 10.1. The van der Waals surface area contributed by atoms with Crippen molar-refractivity contribution in [3.63, 3.8) is 0 Å². The maximum atomic E-state index is 12.2. The molecule has 0 unspecified atom stereocenters. The average molecular weight is 528 g/mol. The van der Waals surface area contributed by atoms with Crippen LogP contribution in [-0.2, 0) is 28.9 Å². The molecular weight excluding hydrogens is 503 g/mol. The van der Waals surface area contributed by atoms with Gasteiger partial charge in [-0.25, -0.2) is 0 Å². The van der Waals surface area contributed by atoms with Gasteiger partial charge in [-0.2, -0.15) is 11.8 Å². The first-order valence-electron chi connectivity index (χ1n) is 11.2. The van der Waals surface area contributed by atoms with E-state index in [1.165, 1.54) is 22.7 Å². The maximum Gasteiger partial charge on any atom is 0.232 e. The zero-order valence-corrected chi connectivity index (χ0v) is 21.4. The minimum Gasteiger partial charge on any atom is -0.300 e. The molecule has 182 valence electrons. The van der Waals surface area contributed by atoms with Gasteiger partial charge in [0.15, 0.2) is 0 Å². The molecule has 4 rings (SSSR count). The molecule has 3 heterocycles. The van der Waals surface area contributed by atoms with Crippen LogP contribution >= 0.6 is 34.4 Å². The summed E-state index contributed by atoms with van der Waals surface area (Å²) < 4.78 is 0. The standard InChI is InChI=1S/C23H25N7O2S3/c31-18(14-16-6-2-1-3-7-16)25-22-29-27-20(34-22)9-12-33-13-10-21-28-30-23(35-21)26-19(32)15-17-8-4-5-11-24-17/h1-4,6-8H,5,9-15H2,(H,25,29,31)(H,26,30,32). The molecule has 0 fully saturated rings. The third-order valence-electron chi connectivity index (χ3n) is 4.82. The summed E-state index contributed by atoms with van der Waals surface area (Å²) in [5, 5.41) is 24.9. The Labute approximate surface area is 215 Å². The molecule has 9 nitrogen and oxygen atoms in total. The predicted octanol–water partition coefficient (Wildman–Crippen LogP) is 3.82. The van der Waals surface area contributed by atoms with Crippen LogP contribution in [0.3, 0.4) is 0 Å². The number of nitrogens with zero attached hydrogens (tertiary/aromatic N) is 5. The fourth-order valence-electron chi connectivity index (χ4n) is 3.17. The second-order valence-corrected chi connectivity index (χ2v) is 11.0. The highest BCUT2D eigenvalue weighted by atomic mass is 32.2. The van der Waals surface area contributed by atoms with Crippen molar-refractivity contribution in [1.29, 1.82) is 0 Å². The van der Waals surface area contributed by atoms with Crippen molar-refractivity contribution >= 4 is 62.2 Å². The van der Waals surface area contributed by atoms with Crippen molar-refractivity contribution in [2.45, 2.75) is 32.1 Å². The number of allylic oxidation sites excluding steroid dienone is 1. The quantitative estimate of drug-likeness (QED) is 0.343. The molecule has 0 saturated heterocycles. The highest BCUT2D eigenvalue weighted by Gasteiger charge is 2.12. The van der Waals surface area contributed by atoms with Crippen molar-refractivity contribution in [3.05, 3.63) is 58.1 Å². The number of aliphatic imine (C=N–C) groups is 1. The van der Waals surface area contributed by atoms with E-state index in [1.54, 1.807) is 11.8 Å². The Morgan fingerprint density at radius 2 is 1.49 bits per heavy atom. The van der Waals surface area contributed by atoms with Crippen molar-refractivity contribution < 1.29 is 9.59 Å². The average Bonchev–Trinajstić information content (AvgIpc) is 3.49. The number of anilines is 2. The van der Waals surface area contributed by atoms with Gasteiger partial charge >= 0.3 is 0 Å². The summed E-state index contributed by atoms with van der Waals surface area (Å²) in [6.07, 6.45) is 7.00. The van der Waals surface area contributed by atoms with Crippen LogP contribution in [0.5, 0.6) is 0 Å². The summed E-state index contributed by atoms with van der Waals surface area (Å²) >= 11 is 4.60. The van der Waals surface area contributed by atoms with Gasteiger partial charge in [0.05, 0.1) is 12.8 Å². The largest absolute Gasteiger partial charge is 0.300 e. The predicted molar refractivity (Wildman–Crippen MR) is 143 cm³/mol. The Morgan fingerprint density at radius 1 is 0.857 bits per heavy atom. The Hall–Kier alpha value is -2.96. The molecular formula is C23H25N7O2S3. The van der Waals surface area contributed by atoms with Gasteiger partial charge in [-0.3, -0.25) is 14.6 Å². The molecule has 1 aliphatic heterocycles. The van der Waals surface area contributed by atoms with Crippen LogP contribution in [0.1, 0.15) is 28.4 Å². The van der Waals surface area contributed by atoms with Crippen LogP contribution < -0.4 is 10.6 Å². The van der Waals surface area contributed by atoms with Gasteiger partial charge in [0.25, 0.3) is 0 Å². The Balaban J connectivity index is 1.11. The molecule has 2 amide bonds. The van der Waals surface area contributed by atoms with Gasteiger partial charge in [0, 0.05) is 25.1 Å². The van der Waals surface area contributed by atoms with Gasteiger partial charge in [-0.15, -0.1) is 20.4 Å². The third-order valence-corrected chi connectivity index (χ3v) is 7.60. The molecule has 1 aliphatic rings. The first-order valence-corrected chi connectivity index (χ1v) is 14.0. The molecule has 0 bridgehead atoms. The van der Waals surface area contributed by atoms with Crippen LogP contribution in [0.4, 0.5) is 10.3 Å². The minimum atomic E-state index is -0.125. The fraction of sp³-hybridized carbons (Fsp3) is 0.348. The summed E-state index contributed by atoms with van der Waals surface area (Å²) in [5.41, 5.74) is 1.76. The van der Waals surface area contributed by atoms with Gasteiger partial charge in [-0.1, -0.05) is 59.1 Å². The third kappa shape index (κ3) is 8.64. The van der Waals surface area contributed by atoms with Gasteiger partial charge in [0.1, 0.15) is 10.0 Å². The van der Waals surface area contributed by atoms with Crippen LogP contribution in [0.15, 0.2) is 47.5 Å². The van der Waals surface area contributed by atoms with E-state index in [0.29, 0.717) is 16.7 Å². The molecule has 0 saturated carbocycles. The first kappa shape index (κ1) is 25.1. The van der Waals surface area contributed by atoms with Crippen LogP contribution in [-0.4, -0.2) is 56.0 Å². The number of nitrogens with one attached hydrogen (secondary N) is 2. The number of hydrogen-bond donors (Lipinski definition) is 2. The molecule has 0 aliphatic carbocycles. The zero-order chi connectivity index (χ0) is 24.3. The van der Waals surface area contributed by atoms with E-state index in [0.717, 1.165) is 58.6 Å². The van der Waals surface area contributed by atoms with E-state index >= 15 is 0 Å². The number of rotatable bonds is 12. The number of amides is 2. The SMILES string of the molecule is O=C(CC1=NCCC=C1)Nc1nnc(CCSCCc2nnc(NC(=O)Cc3ccccc3)s2)s1. The van der Waals surface area contributed by atoms with Crippen molar-refractivity contribution in [2.24, 2.45) is 4.99 Å². The molecule has 2 aromatic heterocycles. The van der Waals surface area contributed by atoms with Crippen molar-refractivity contribution in [2.75, 3.05) is 28.7 Å². The highest BCUT2D eigenvalue weighted by molar-refractivity contribution is 7.99. The number of benzene rings is 1. The van der Waals surface area contributed by atoms with Gasteiger partial charge in [-0.05, 0) is 29.6 Å². The topological polar surface area (TPSA) is 122 Å². The Kier molecular flexibility index (Phi) is 9.49. The smallest absolute Gasteiger partial charge is 0.232 e. The molecule has 2 N–H and O–H groups in total. The van der Waals surface area contributed by atoms with Crippen LogP contribution in [0.25, 0.3) is 0 Å².